The molecule has 4 rings (SSSR count). The van der Waals surface area contributed by atoms with Gasteiger partial charge in [0.1, 0.15) is 15.4 Å². The number of carbonyl (C=O) groups is 1. The summed E-state index contributed by atoms with van der Waals surface area (Å²) >= 11 is 13.4. The number of carbonyl (C=O) groups excluding carboxylic acids is 1. The van der Waals surface area contributed by atoms with Crippen LogP contribution in [0.25, 0.3) is 10.2 Å². The van der Waals surface area contributed by atoms with E-state index in [-0.39, 0.29) is 11.3 Å². The van der Waals surface area contributed by atoms with Gasteiger partial charge in [-0.1, -0.05) is 48.4 Å². The number of nitrogens with zero attached hydrogens (tertiary/aromatic N) is 3. The van der Waals surface area contributed by atoms with Crippen LogP contribution in [0.5, 0.6) is 0 Å². The summed E-state index contributed by atoms with van der Waals surface area (Å²) in [5, 5.41) is 13.3. The second kappa shape index (κ2) is 9.33. The zero-order chi connectivity index (χ0) is 24.6. The molecule has 2 heterocycles. The van der Waals surface area contributed by atoms with Crippen LogP contribution in [0, 0.1) is 19.3 Å². The van der Waals surface area contributed by atoms with Crippen molar-refractivity contribution in [2.24, 2.45) is 15.6 Å². The molecule has 6 nitrogen and oxygen atoms in total. The van der Waals surface area contributed by atoms with Crippen molar-refractivity contribution in [2.45, 2.75) is 27.2 Å². The number of nitrogens with two attached hydrogens (primary N) is 1. The minimum absolute atomic E-state index is 0.203. The Morgan fingerprint density at radius 2 is 1.97 bits per heavy atom. The van der Waals surface area contributed by atoms with Gasteiger partial charge in [0, 0.05) is 26.5 Å². The number of pyridine rings is 1. The van der Waals surface area contributed by atoms with Crippen LogP contribution in [-0.4, -0.2) is 10.9 Å². The van der Waals surface area contributed by atoms with Crippen molar-refractivity contribution in [1.82, 2.24) is 10.3 Å². The van der Waals surface area contributed by atoms with Crippen LogP contribution in [0.3, 0.4) is 0 Å². The van der Waals surface area contributed by atoms with E-state index in [1.54, 1.807) is 18.2 Å². The first-order valence-electron chi connectivity index (χ1n) is 10.5. The lowest BCUT2D eigenvalue weighted by atomic mass is 9.82. The van der Waals surface area contributed by atoms with Crippen LogP contribution < -0.4 is 11.1 Å². The molecule has 0 spiro atoms. The van der Waals surface area contributed by atoms with Crippen molar-refractivity contribution < 1.29 is 4.79 Å². The third-order valence-electron chi connectivity index (χ3n) is 5.67. The molecule has 0 fully saturated rings. The predicted octanol–water partition coefficient (Wildman–Crippen LogP) is 7.98. The second-order valence-electron chi connectivity index (χ2n) is 8.42. The molecule has 1 aliphatic carbocycles. The first kappa shape index (κ1) is 24.1. The zero-order valence-corrected chi connectivity index (χ0v) is 21.3. The Kier molecular flexibility index (Phi) is 6.62. The van der Waals surface area contributed by atoms with E-state index < -0.39 is 0 Å². The smallest absolute Gasteiger partial charge is 0.267 e. The Balaban J connectivity index is 1.67. The number of thiophene rings is 1. The molecule has 1 atom stereocenters. The summed E-state index contributed by atoms with van der Waals surface area (Å²) in [6.45, 7) is 9.69. The van der Waals surface area contributed by atoms with E-state index in [1.165, 1.54) is 11.3 Å². The molecule has 0 saturated carbocycles. The van der Waals surface area contributed by atoms with Crippen LogP contribution in [0.1, 0.15) is 34.3 Å². The van der Waals surface area contributed by atoms with Crippen molar-refractivity contribution in [2.75, 3.05) is 5.73 Å². The standard InChI is InChI=1S/C25H23Cl2N5OS/c1-5-25(4)8-6-7-17(12-25)30-23(33)22-20(28)19-13(2)21(14(3)29-24(19)34-22)32-31-18-10-15(26)9-16(27)11-18/h5-11H,1,12,28H2,2-4H3,(H,30,33). The number of azo groups is 1. The number of fused-ring (bicyclic) bond motifs is 1. The Morgan fingerprint density at radius 3 is 2.65 bits per heavy atom. The number of anilines is 1. The van der Waals surface area contributed by atoms with E-state index in [0.717, 1.165) is 11.3 Å². The highest BCUT2D eigenvalue weighted by molar-refractivity contribution is 7.21. The first-order valence-corrected chi connectivity index (χ1v) is 12.1. The van der Waals surface area contributed by atoms with E-state index in [0.29, 0.717) is 54.3 Å². The van der Waals surface area contributed by atoms with Gasteiger partial charge in [-0.25, -0.2) is 4.98 Å². The summed E-state index contributed by atoms with van der Waals surface area (Å²) in [6.07, 6.45) is 8.40. The van der Waals surface area contributed by atoms with E-state index >= 15 is 0 Å². The number of aromatic nitrogens is 1. The van der Waals surface area contributed by atoms with Gasteiger partial charge in [0.05, 0.1) is 17.1 Å². The van der Waals surface area contributed by atoms with Gasteiger partial charge >= 0.3 is 0 Å². The van der Waals surface area contributed by atoms with E-state index in [4.69, 9.17) is 28.9 Å². The molecule has 1 amide bonds. The molecule has 0 bridgehead atoms. The zero-order valence-electron chi connectivity index (χ0n) is 18.9. The topological polar surface area (TPSA) is 92.7 Å². The summed E-state index contributed by atoms with van der Waals surface area (Å²) in [4.78, 5) is 18.8. The largest absolute Gasteiger partial charge is 0.397 e. The maximum absolute atomic E-state index is 13.1. The highest BCUT2D eigenvalue weighted by Crippen LogP contribution is 2.40. The molecule has 174 valence electrons. The van der Waals surface area contributed by atoms with Gasteiger partial charge in [-0.15, -0.1) is 23.0 Å². The van der Waals surface area contributed by atoms with Crippen molar-refractivity contribution in [3.05, 3.63) is 81.0 Å². The number of hydrogen-bond acceptors (Lipinski definition) is 6. The molecule has 2 aromatic heterocycles. The average Bonchev–Trinajstić information content (AvgIpc) is 3.09. The van der Waals surface area contributed by atoms with Crippen LogP contribution in [0.15, 0.2) is 65.0 Å². The van der Waals surface area contributed by atoms with Crippen LogP contribution in [0.2, 0.25) is 10.0 Å². The van der Waals surface area contributed by atoms with E-state index in [9.17, 15) is 4.79 Å². The number of benzene rings is 1. The van der Waals surface area contributed by atoms with Crippen molar-refractivity contribution in [3.8, 4) is 0 Å². The van der Waals surface area contributed by atoms with Crippen LogP contribution in [-0.2, 0) is 0 Å². The predicted molar refractivity (Wildman–Crippen MR) is 142 cm³/mol. The molecule has 1 aromatic carbocycles. The van der Waals surface area contributed by atoms with Crippen molar-refractivity contribution in [3.63, 3.8) is 0 Å². The van der Waals surface area contributed by atoms with Crippen LogP contribution >= 0.6 is 34.5 Å². The molecule has 1 aliphatic rings. The van der Waals surface area contributed by atoms with Gasteiger partial charge in [0.25, 0.3) is 5.91 Å². The van der Waals surface area contributed by atoms with Gasteiger partial charge in [-0.2, -0.15) is 5.11 Å². The number of amides is 1. The Bertz CT molecular complexity index is 1400. The molecule has 1 unspecified atom stereocenters. The molecule has 3 aromatic rings. The number of hydrogen-bond donors (Lipinski definition) is 2. The maximum atomic E-state index is 13.1. The molecular formula is C25H23Cl2N5OS. The molecule has 9 heteroatoms. The molecule has 3 N–H and O–H groups in total. The summed E-state index contributed by atoms with van der Waals surface area (Å²) in [7, 11) is 0. The lowest BCUT2D eigenvalue weighted by Gasteiger charge is -2.26. The van der Waals surface area contributed by atoms with Gasteiger partial charge in [0.2, 0.25) is 0 Å². The number of nitrogens with one attached hydrogen (secondary N) is 1. The SMILES string of the molecule is C=CC1(C)C=CC=C(NC(=O)c2sc3nc(C)c(N=Nc4cc(Cl)cc(Cl)c4)c(C)c3c2N)C1. The highest BCUT2D eigenvalue weighted by atomic mass is 35.5. The quantitative estimate of drug-likeness (QED) is 0.268. The lowest BCUT2D eigenvalue weighted by Crippen LogP contribution is -2.27. The molecule has 34 heavy (non-hydrogen) atoms. The lowest BCUT2D eigenvalue weighted by molar-refractivity contribution is 0.0968. The van der Waals surface area contributed by atoms with E-state index in [2.05, 4.69) is 40.1 Å². The van der Waals surface area contributed by atoms with Gasteiger partial charge < -0.3 is 11.1 Å². The fraction of sp³-hybridized carbons (Fsp3) is 0.200. The number of aryl methyl sites for hydroxylation is 2. The molecular weight excluding hydrogens is 489 g/mol. The monoisotopic (exact) mass is 511 g/mol. The first-order chi connectivity index (χ1) is 16.1. The Morgan fingerprint density at radius 1 is 1.26 bits per heavy atom. The molecule has 0 radical (unpaired) electrons. The number of allylic oxidation sites excluding steroid dienone is 5. The minimum atomic E-state index is -0.262. The third-order valence-corrected chi connectivity index (χ3v) is 7.21. The third kappa shape index (κ3) is 4.78. The van der Waals surface area contributed by atoms with Gasteiger partial charge in [-0.05, 0) is 50.1 Å². The fourth-order valence-electron chi connectivity index (χ4n) is 3.83. The van der Waals surface area contributed by atoms with Crippen LogP contribution in [0.4, 0.5) is 17.1 Å². The fourth-order valence-corrected chi connectivity index (χ4v) is 5.44. The molecule has 0 aliphatic heterocycles. The van der Waals surface area contributed by atoms with Crippen molar-refractivity contribution >= 4 is 67.7 Å². The summed E-state index contributed by atoms with van der Waals surface area (Å²) in [5.41, 5.74) is 10.0. The Labute approximate surface area is 211 Å². The molecule has 0 saturated heterocycles. The maximum Gasteiger partial charge on any atom is 0.267 e. The minimum Gasteiger partial charge on any atom is -0.397 e. The summed E-state index contributed by atoms with van der Waals surface area (Å²) in [6, 6.07) is 4.96. The number of nitrogen functional groups attached to an aromatic ring is 1. The summed E-state index contributed by atoms with van der Waals surface area (Å²) < 4.78 is 0. The Hall–Kier alpha value is -3.00. The highest BCUT2D eigenvalue weighted by Gasteiger charge is 2.25. The van der Waals surface area contributed by atoms with Gasteiger partial charge in [-0.3, -0.25) is 4.79 Å². The van der Waals surface area contributed by atoms with Gasteiger partial charge in [0.15, 0.2) is 0 Å². The normalized spacial score (nSPS) is 17.9. The average molecular weight is 512 g/mol. The number of halogens is 2. The van der Waals surface area contributed by atoms with Crippen molar-refractivity contribution in [1.29, 1.82) is 0 Å². The number of rotatable bonds is 5. The van der Waals surface area contributed by atoms with E-state index in [1.807, 2.05) is 32.1 Å². The second-order valence-corrected chi connectivity index (χ2v) is 10.3. The summed E-state index contributed by atoms with van der Waals surface area (Å²) in [5.74, 6) is -0.262.